The Bertz CT molecular complexity index is 578. The molecule has 4 heteroatoms. The summed E-state index contributed by atoms with van der Waals surface area (Å²) in [6.45, 7) is 1.89. The highest BCUT2D eigenvalue weighted by molar-refractivity contribution is 5.79. The number of aromatic nitrogens is 2. The van der Waals surface area contributed by atoms with Gasteiger partial charge in [0.25, 0.3) is 0 Å². The van der Waals surface area contributed by atoms with E-state index >= 15 is 0 Å². The van der Waals surface area contributed by atoms with E-state index in [0.29, 0.717) is 17.4 Å². The number of aldehydes is 1. The van der Waals surface area contributed by atoms with Crippen LogP contribution in [0.2, 0.25) is 0 Å². The Labute approximate surface area is 92.7 Å². The zero-order valence-electron chi connectivity index (χ0n) is 8.71. The molecule has 78 valence electrons. The van der Waals surface area contributed by atoms with Gasteiger partial charge in [-0.15, -0.1) is 0 Å². The average molecular weight is 211 g/mol. The van der Waals surface area contributed by atoms with Crippen LogP contribution in [-0.4, -0.2) is 16.1 Å². The van der Waals surface area contributed by atoms with Crippen molar-refractivity contribution in [1.82, 2.24) is 9.78 Å². The largest absolute Gasteiger partial charge is 0.298 e. The van der Waals surface area contributed by atoms with Crippen molar-refractivity contribution < 1.29 is 4.79 Å². The molecule has 0 radical (unpaired) electrons. The molecular formula is C12H9N3O. The standard InChI is InChI=1S/C12H9N3O/c1-9-4-5-15(14-9)12-3-2-10(8-16)11(6-12)7-13/h2-6,8H,1H3. The first-order valence-corrected chi connectivity index (χ1v) is 4.76. The first-order chi connectivity index (χ1) is 7.74. The van der Waals surface area contributed by atoms with E-state index in [2.05, 4.69) is 5.10 Å². The van der Waals surface area contributed by atoms with Crippen molar-refractivity contribution in [2.75, 3.05) is 0 Å². The van der Waals surface area contributed by atoms with Crippen LogP contribution in [0.15, 0.2) is 30.5 Å². The molecule has 0 amide bonds. The molecule has 1 heterocycles. The number of aryl methyl sites for hydroxylation is 1. The third-order valence-electron chi connectivity index (χ3n) is 2.27. The summed E-state index contributed by atoms with van der Waals surface area (Å²) >= 11 is 0. The van der Waals surface area contributed by atoms with Gasteiger partial charge >= 0.3 is 0 Å². The zero-order valence-corrected chi connectivity index (χ0v) is 8.71. The number of nitriles is 1. The fourth-order valence-corrected chi connectivity index (χ4v) is 1.45. The van der Waals surface area contributed by atoms with Gasteiger partial charge < -0.3 is 0 Å². The first kappa shape index (κ1) is 10.1. The maximum Gasteiger partial charge on any atom is 0.151 e. The van der Waals surface area contributed by atoms with E-state index in [-0.39, 0.29) is 0 Å². The maximum atomic E-state index is 10.7. The van der Waals surface area contributed by atoms with E-state index in [0.717, 1.165) is 11.4 Å². The topological polar surface area (TPSA) is 58.7 Å². The van der Waals surface area contributed by atoms with E-state index in [9.17, 15) is 4.79 Å². The van der Waals surface area contributed by atoms with E-state index < -0.39 is 0 Å². The van der Waals surface area contributed by atoms with Gasteiger partial charge in [0.05, 0.1) is 23.0 Å². The summed E-state index contributed by atoms with van der Waals surface area (Å²) in [5.74, 6) is 0. The van der Waals surface area contributed by atoms with E-state index in [1.807, 2.05) is 25.3 Å². The molecule has 0 spiro atoms. The number of hydrogen-bond acceptors (Lipinski definition) is 3. The fraction of sp³-hybridized carbons (Fsp3) is 0.0833. The van der Waals surface area contributed by atoms with Gasteiger partial charge in [-0.1, -0.05) is 0 Å². The Morgan fingerprint density at radius 2 is 2.25 bits per heavy atom. The van der Waals surface area contributed by atoms with Crippen LogP contribution in [0.1, 0.15) is 21.6 Å². The lowest BCUT2D eigenvalue weighted by atomic mass is 10.1. The van der Waals surface area contributed by atoms with Crippen LogP contribution in [0.3, 0.4) is 0 Å². The third kappa shape index (κ3) is 1.71. The van der Waals surface area contributed by atoms with Gasteiger partial charge in [-0.3, -0.25) is 4.79 Å². The molecule has 0 unspecified atom stereocenters. The number of carbonyl (C=O) groups is 1. The van der Waals surface area contributed by atoms with Crippen LogP contribution in [0.4, 0.5) is 0 Å². The molecule has 0 saturated heterocycles. The number of carbonyl (C=O) groups excluding carboxylic acids is 1. The van der Waals surface area contributed by atoms with Gasteiger partial charge in [0.2, 0.25) is 0 Å². The number of benzene rings is 1. The first-order valence-electron chi connectivity index (χ1n) is 4.76. The highest BCUT2D eigenvalue weighted by Gasteiger charge is 2.04. The van der Waals surface area contributed by atoms with E-state index in [4.69, 9.17) is 5.26 Å². The molecule has 2 aromatic rings. The van der Waals surface area contributed by atoms with Gasteiger partial charge in [0.1, 0.15) is 0 Å². The van der Waals surface area contributed by atoms with Crippen LogP contribution < -0.4 is 0 Å². The monoisotopic (exact) mass is 211 g/mol. The van der Waals surface area contributed by atoms with Crippen molar-refractivity contribution in [2.45, 2.75) is 6.92 Å². The molecule has 0 N–H and O–H groups in total. The van der Waals surface area contributed by atoms with E-state index in [1.54, 1.807) is 22.9 Å². The number of rotatable bonds is 2. The predicted molar refractivity (Wildman–Crippen MR) is 58.4 cm³/mol. The molecule has 0 bridgehead atoms. The van der Waals surface area contributed by atoms with Crippen molar-refractivity contribution in [2.24, 2.45) is 0 Å². The second-order valence-electron chi connectivity index (χ2n) is 3.40. The fourth-order valence-electron chi connectivity index (χ4n) is 1.45. The third-order valence-corrected chi connectivity index (χ3v) is 2.27. The lowest BCUT2D eigenvalue weighted by Crippen LogP contribution is -1.97. The van der Waals surface area contributed by atoms with Crippen molar-refractivity contribution in [1.29, 1.82) is 5.26 Å². The normalized spacial score (nSPS) is 9.75. The minimum Gasteiger partial charge on any atom is -0.298 e. The Morgan fingerprint density at radius 1 is 1.44 bits per heavy atom. The lowest BCUT2D eigenvalue weighted by Gasteiger charge is -2.02. The van der Waals surface area contributed by atoms with Crippen molar-refractivity contribution in [3.8, 4) is 11.8 Å². The molecule has 1 aromatic carbocycles. The number of nitrogens with zero attached hydrogens (tertiary/aromatic N) is 3. The maximum absolute atomic E-state index is 10.7. The molecule has 16 heavy (non-hydrogen) atoms. The molecule has 0 aliphatic carbocycles. The van der Waals surface area contributed by atoms with Gasteiger partial charge in [0, 0.05) is 11.8 Å². The Hall–Kier alpha value is -2.41. The summed E-state index contributed by atoms with van der Waals surface area (Å²) in [6, 6.07) is 8.90. The Kier molecular flexibility index (Phi) is 2.52. The summed E-state index contributed by atoms with van der Waals surface area (Å²) in [5.41, 5.74) is 2.43. The average Bonchev–Trinajstić information content (AvgIpc) is 2.75. The zero-order chi connectivity index (χ0) is 11.5. The van der Waals surface area contributed by atoms with Crippen molar-refractivity contribution >= 4 is 6.29 Å². The summed E-state index contributed by atoms with van der Waals surface area (Å²) in [4.78, 5) is 10.7. The molecule has 0 fully saturated rings. The second-order valence-corrected chi connectivity index (χ2v) is 3.40. The van der Waals surface area contributed by atoms with Crippen LogP contribution >= 0.6 is 0 Å². The lowest BCUT2D eigenvalue weighted by molar-refractivity contribution is 0.112. The van der Waals surface area contributed by atoms with Gasteiger partial charge in [-0.05, 0) is 31.2 Å². The molecule has 0 saturated carbocycles. The minimum absolute atomic E-state index is 0.362. The highest BCUT2D eigenvalue weighted by Crippen LogP contribution is 2.13. The Morgan fingerprint density at radius 3 is 2.81 bits per heavy atom. The van der Waals surface area contributed by atoms with E-state index in [1.165, 1.54) is 0 Å². The summed E-state index contributed by atoms with van der Waals surface area (Å²) < 4.78 is 1.67. The molecule has 4 nitrogen and oxygen atoms in total. The molecule has 1 aromatic heterocycles. The van der Waals surface area contributed by atoms with Crippen LogP contribution in [0.5, 0.6) is 0 Å². The van der Waals surface area contributed by atoms with Crippen molar-refractivity contribution in [3.05, 3.63) is 47.3 Å². The molecule has 0 aliphatic rings. The molecular weight excluding hydrogens is 202 g/mol. The quantitative estimate of drug-likeness (QED) is 0.712. The summed E-state index contributed by atoms with van der Waals surface area (Å²) in [5, 5.41) is 13.1. The van der Waals surface area contributed by atoms with Crippen LogP contribution in [0, 0.1) is 18.3 Å². The SMILES string of the molecule is Cc1ccn(-c2ccc(C=O)c(C#N)c2)n1. The second kappa shape index (κ2) is 3.99. The molecule has 0 atom stereocenters. The molecule has 0 aliphatic heterocycles. The van der Waals surface area contributed by atoms with Gasteiger partial charge in [-0.25, -0.2) is 4.68 Å². The Balaban J connectivity index is 2.52. The van der Waals surface area contributed by atoms with Gasteiger partial charge in [0.15, 0.2) is 6.29 Å². The van der Waals surface area contributed by atoms with Crippen LogP contribution in [0.25, 0.3) is 5.69 Å². The summed E-state index contributed by atoms with van der Waals surface area (Å²) in [6.07, 6.45) is 2.49. The smallest absolute Gasteiger partial charge is 0.151 e. The highest BCUT2D eigenvalue weighted by atomic mass is 16.1. The molecule has 2 rings (SSSR count). The summed E-state index contributed by atoms with van der Waals surface area (Å²) in [7, 11) is 0. The predicted octanol–water partition coefficient (Wildman–Crippen LogP) is 1.86. The number of hydrogen-bond donors (Lipinski definition) is 0. The van der Waals surface area contributed by atoms with Crippen molar-refractivity contribution in [3.63, 3.8) is 0 Å². The van der Waals surface area contributed by atoms with Crippen LogP contribution in [-0.2, 0) is 0 Å². The van der Waals surface area contributed by atoms with Gasteiger partial charge in [-0.2, -0.15) is 10.4 Å². The minimum atomic E-state index is 0.362.